The number of hydrogen-bond acceptors (Lipinski definition) is 4. The maximum Gasteiger partial charge on any atom is 0.239 e. The number of sulfone groups is 1. The Kier molecular flexibility index (Phi) is 8.58. The highest BCUT2D eigenvalue weighted by atomic mass is 35.5. The lowest BCUT2D eigenvalue weighted by atomic mass is 10.0. The van der Waals surface area contributed by atoms with E-state index in [4.69, 9.17) is 5.73 Å². The molecule has 1 atom stereocenters. The van der Waals surface area contributed by atoms with Gasteiger partial charge in [-0.05, 0) is 26.2 Å². The van der Waals surface area contributed by atoms with Crippen LogP contribution in [0.2, 0.25) is 0 Å². The quantitative estimate of drug-likeness (QED) is 0.772. The van der Waals surface area contributed by atoms with Gasteiger partial charge in [0.1, 0.15) is 0 Å². The number of carbonyl (C=O) groups is 1. The van der Waals surface area contributed by atoms with Crippen molar-refractivity contribution in [3.8, 4) is 0 Å². The molecule has 0 fully saturated rings. The summed E-state index contributed by atoms with van der Waals surface area (Å²) in [6.45, 7) is 7.21. The van der Waals surface area contributed by atoms with Crippen LogP contribution in [0.15, 0.2) is 11.5 Å². The number of nitrogens with two attached hydrogens (primary N) is 1. The van der Waals surface area contributed by atoms with Crippen LogP contribution >= 0.6 is 12.4 Å². The van der Waals surface area contributed by atoms with Crippen molar-refractivity contribution in [1.82, 2.24) is 5.32 Å². The lowest BCUT2D eigenvalue weighted by Gasteiger charge is -2.23. The number of rotatable bonds is 6. The fraction of sp³-hybridized carbons (Fsp3) is 0.750. The van der Waals surface area contributed by atoms with Crippen molar-refractivity contribution in [3.05, 3.63) is 11.5 Å². The van der Waals surface area contributed by atoms with Crippen LogP contribution in [-0.4, -0.2) is 32.2 Å². The molecule has 7 heteroatoms. The van der Waals surface area contributed by atoms with E-state index >= 15 is 0 Å². The minimum atomic E-state index is -3.19. The Bertz CT molecular complexity index is 411. The molecule has 0 spiro atoms. The minimum Gasteiger partial charge on any atom is -0.348 e. The molecule has 0 unspecified atom stereocenters. The van der Waals surface area contributed by atoms with Crippen molar-refractivity contribution >= 4 is 28.2 Å². The Morgan fingerprint density at radius 3 is 2.16 bits per heavy atom. The van der Waals surface area contributed by atoms with Crippen LogP contribution in [0.25, 0.3) is 0 Å². The highest BCUT2D eigenvalue weighted by molar-refractivity contribution is 7.93. The zero-order chi connectivity index (χ0) is 14.6. The molecule has 0 aromatic rings. The van der Waals surface area contributed by atoms with Crippen LogP contribution in [0.1, 0.15) is 34.1 Å². The van der Waals surface area contributed by atoms with Crippen LogP contribution in [0.5, 0.6) is 0 Å². The van der Waals surface area contributed by atoms with Crippen molar-refractivity contribution in [1.29, 1.82) is 0 Å². The van der Waals surface area contributed by atoms with E-state index in [-0.39, 0.29) is 24.4 Å². The van der Waals surface area contributed by atoms with Crippen molar-refractivity contribution in [2.45, 2.75) is 45.7 Å². The van der Waals surface area contributed by atoms with Gasteiger partial charge in [-0.15, -0.1) is 12.4 Å². The van der Waals surface area contributed by atoms with Gasteiger partial charge in [0.2, 0.25) is 5.91 Å². The summed E-state index contributed by atoms with van der Waals surface area (Å²) in [6, 6.07) is -0.324. The molecule has 0 saturated carbocycles. The molecule has 3 N–H and O–H groups in total. The number of amides is 1. The highest BCUT2D eigenvalue weighted by Crippen LogP contribution is 2.08. The molecule has 1 amide bonds. The molecule has 19 heavy (non-hydrogen) atoms. The van der Waals surface area contributed by atoms with Crippen molar-refractivity contribution in [2.24, 2.45) is 11.7 Å². The Balaban J connectivity index is 0. The molecule has 0 aliphatic heterocycles. The highest BCUT2D eigenvalue weighted by Gasteiger charge is 2.24. The van der Waals surface area contributed by atoms with Crippen molar-refractivity contribution in [3.63, 3.8) is 0 Å². The molecule has 0 heterocycles. The zero-order valence-corrected chi connectivity index (χ0v) is 13.8. The second-order valence-corrected chi connectivity index (χ2v) is 7.52. The summed E-state index contributed by atoms with van der Waals surface area (Å²) < 4.78 is 22.2. The third-order valence-corrected chi connectivity index (χ3v) is 2.84. The maximum atomic E-state index is 11.8. The Morgan fingerprint density at radius 1 is 1.37 bits per heavy atom. The molecule has 0 radical (unpaired) electrons. The fourth-order valence-corrected chi connectivity index (χ4v) is 1.76. The second-order valence-electron chi connectivity index (χ2n) is 5.59. The van der Waals surface area contributed by atoms with Gasteiger partial charge in [0, 0.05) is 17.7 Å². The Hall–Kier alpha value is -0.590. The van der Waals surface area contributed by atoms with Gasteiger partial charge in [-0.2, -0.15) is 0 Å². The van der Waals surface area contributed by atoms with E-state index in [9.17, 15) is 13.2 Å². The third-order valence-electron chi connectivity index (χ3n) is 2.19. The monoisotopic (exact) mass is 312 g/mol. The molecular weight excluding hydrogens is 288 g/mol. The molecule has 0 bridgehead atoms. The van der Waals surface area contributed by atoms with Gasteiger partial charge in [-0.25, -0.2) is 8.42 Å². The van der Waals surface area contributed by atoms with E-state index in [1.165, 1.54) is 6.08 Å². The molecule has 0 aliphatic carbocycles. The van der Waals surface area contributed by atoms with E-state index in [0.717, 1.165) is 11.7 Å². The largest absolute Gasteiger partial charge is 0.348 e. The van der Waals surface area contributed by atoms with E-state index in [2.05, 4.69) is 5.32 Å². The van der Waals surface area contributed by atoms with Crippen molar-refractivity contribution < 1.29 is 13.2 Å². The van der Waals surface area contributed by atoms with Gasteiger partial charge in [0.25, 0.3) is 0 Å². The second kappa shape index (κ2) is 7.87. The van der Waals surface area contributed by atoms with Crippen LogP contribution in [-0.2, 0) is 14.6 Å². The molecule has 0 aromatic heterocycles. The summed E-state index contributed by atoms with van der Waals surface area (Å²) in [4.78, 5) is 11.8. The summed E-state index contributed by atoms with van der Waals surface area (Å²) in [5, 5.41) is 3.86. The number of carbonyl (C=O) groups excluding carboxylic acids is 1. The van der Waals surface area contributed by atoms with E-state index in [1.807, 2.05) is 13.8 Å². The summed E-state index contributed by atoms with van der Waals surface area (Å²) >= 11 is 0. The lowest BCUT2D eigenvalue weighted by Crippen LogP contribution is -2.52. The minimum absolute atomic E-state index is 0. The topological polar surface area (TPSA) is 89.3 Å². The van der Waals surface area contributed by atoms with Gasteiger partial charge in [-0.3, -0.25) is 4.79 Å². The molecular formula is C12H25ClN2O3S. The zero-order valence-electron chi connectivity index (χ0n) is 12.1. The first-order valence-electron chi connectivity index (χ1n) is 5.90. The molecule has 0 saturated heterocycles. The molecule has 0 rings (SSSR count). The standard InChI is InChI=1S/C12H24N2O3S.ClH/c1-9(2)8-10(6-7-18(5,16)17)14-11(15)12(3,4)13;/h6-7,9-10H,8,13H2,1-5H3,(H,14,15);1H/b7-6+;/t10-;/m1./s1. The summed E-state index contributed by atoms with van der Waals surface area (Å²) in [5.74, 6) is 0.0340. The van der Waals surface area contributed by atoms with Crippen molar-refractivity contribution in [2.75, 3.05) is 6.26 Å². The summed E-state index contributed by atoms with van der Waals surface area (Å²) in [6.07, 6.45) is 3.28. The Labute approximate surface area is 122 Å². The first-order valence-corrected chi connectivity index (χ1v) is 7.85. The summed E-state index contributed by atoms with van der Waals surface area (Å²) in [7, 11) is -3.19. The predicted molar refractivity (Wildman–Crippen MR) is 80.9 cm³/mol. The Morgan fingerprint density at radius 2 is 1.84 bits per heavy atom. The third kappa shape index (κ3) is 11.0. The van der Waals surface area contributed by atoms with Gasteiger partial charge in [0.15, 0.2) is 9.84 Å². The van der Waals surface area contributed by atoms with Gasteiger partial charge < -0.3 is 11.1 Å². The van der Waals surface area contributed by atoms with Crippen LogP contribution in [0.4, 0.5) is 0 Å². The average Bonchev–Trinajstić information content (AvgIpc) is 2.10. The fourth-order valence-electron chi connectivity index (χ4n) is 1.29. The first kappa shape index (κ1) is 20.7. The van der Waals surface area contributed by atoms with Gasteiger partial charge >= 0.3 is 0 Å². The first-order chi connectivity index (χ1) is 7.92. The molecule has 5 nitrogen and oxygen atoms in total. The lowest BCUT2D eigenvalue weighted by molar-refractivity contribution is -0.125. The van der Waals surface area contributed by atoms with Gasteiger partial charge in [0.05, 0.1) is 5.54 Å². The molecule has 114 valence electrons. The number of nitrogens with one attached hydrogen (secondary N) is 1. The number of hydrogen-bond donors (Lipinski definition) is 2. The van der Waals surface area contributed by atoms with Gasteiger partial charge in [-0.1, -0.05) is 19.9 Å². The number of halogens is 1. The van der Waals surface area contributed by atoms with Crippen LogP contribution < -0.4 is 11.1 Å². The average molecular weight is 313 g/mol. The van der Waals surface area contributed by atoms with Crippen LogP contribution in [0, 0.1) is 5.92 Å². The summed E-state index contributed by atoms with van der Waals surface area (Å²) in [5.41, 5.74) is 4.71. The molecule has 0 aromatic carbocycles. The van der Waals surface area contributed by atoms with E-state index in [1.54, 1.807) is 13.8 Å². The smallest absolute Gasteiger partial charge is 0.239 e. The predicted octanol–water partition coefficient (Wildman–Crippen LogP) is 1.23. The molecule has 0 aliphatic rings. The normalized spacial score (nSPS) is 14.3. The van der Waals surface area contributed by atoms with Crippen LogP contribution in [0.3, 0.4) is 0 Å². The SMILES string of the molecule is CC(C)C[C@@H](/C=C/S(C)(=O)=O)NC(=O)C(C)(C)N.Cl. The maximum absolute atomic E-state index is 11.8. The van der Waals surface area contributed by atoms with E-state index < -0.39 is 15.4 Å². The van der Waals surface area contributed by atoms with E-state index in [0.29, 0.717) is 12.3 Å².